The molecule has 0 spiro atoms. The van der Waals surface area contributed by atoms with Gasteiger partial charge in [-0.1, -0.05) is 6.92 Å². The summed E-state index contributed by atoms with van der Waals surface area (Å²) in [7, 11) is 0. The SMILES string of the molecule is CC1CCN(C(=O)c2cccn2CC(=O)O)C1CO. The van der Waals surface area contributed by atoms with Crippen molar-refractivity contribution in [3.05, 3.63) is 24.0 Å². The number of amides is 1. The van der Waals surface area contributed by atoms with Crippen LogP contribution < -0.4 is 0 Å². The molecule has 19 heavy (non-hydrogen) atoms. The molecule has 1 amide bonds. The largest absolute Gasteiger partial charge is 0.480 e. The van der Waals surface area contributed by atoms with E-state index in [0.717, 1.165) is 6.42 Å². The van der Waals surface area contributed by atoms with E-state index in [4.69, 9.17) is 5.11 Å². The van der Waals surface area contributed by atoms with Crippen LogP contribution in [0.25, 0.3) is 0 Å². The summed E-state index contributed by atoms with van der Waals surface area (Å²) in [5, 5.41) is 18.2. The molecule has 6 heteroatoms. The average molecular weight is 266 g/mol. The number of rotatable bonds is 4. The number of aliphatic hydroxyl groups is 1. The molecule has 0 aromatic carbocycles. The number of hydrogen-bond acceptors (Lipinski definition) is 3. The lowest BCUT2D eigenvalue weighted by Gasteiger charge is -2.25. The van der Waals surface area contributed by atoms with E-state index in [2.05, 4.69) is 0 Å². The number of aliphatic hydroxyl groups excluding tert-OH is 1. The van der Waals surface area contributed by atoms with Crippen LogP contribution in [0.2, 0.25) is 0 Å². The molecule has 2 unspecified atom stereocenters. The Balaban J connectivity index is 2.20. The van der Waals surface area contributed by atoms with Gasteiger partial charge in [-0.25, -0.2) is 0 Å². The molecule has 2 heterocycles. The molecular formula is C13H18N2O4. The number of carbonyl (C=O) groups is 2. The van der Waals surface area contributed by atoms with Gasteiger partial charge in [0.05, 0.1) is 12.6 Å². The van der Waals surface area contributed by atoms with Gasteiger partial charge in [0.2, 0.25) is 0 Å². The lowest BCUT2D eigenvalue weighted by Crippen LogP contribution is -2.40. The van der Waals surface area contributed by atoms with Crippen LogP contribution in [0.5, 0.6) is 0 Å². The summed E-state index contributed by atoms with van der Waals surface area (Å²) in [6.07, 6.45) is 2.44. The minimum Gasteiger partial charge on any atom is -0.480 e. The Morgan fingerprint density at radius 2 is 2.21 bits per heavy atom. The van der Waals surface area contributed by atoms with Gasteiger partial charge in [-0.05, 0) is 24.5 Å². The zero-order valence-electron chi connectivity index (χ0n) is 10.8. The second-order valence-corrected chi connectivity index (χ2v) is 4.93. The van der Waals surface area contributed by atoms with Crippen LogP contribution in [0.4, 0.5) is 0 Å². The summed E-state index contributed by atoms with van der Waals surface area (Å²) in [6.45, 7) is 2.31. The van der Waals surface area contributed by atoms with Gasteiger partial charge in [0.1, 0.15) is 12.2 Å². The summed E-state index contributed by atoms with van der Waals surface area (Å²) < 4.78 is 1.42. The molecule has 2 N–H and O–H groups in total. The molecule has 1 saturated heterocycles. The second-order valence-electron chi connectivity index (χ2n) is 4.93. The lowest BCUT2D eigenvalue weighted by molar-refractivity contribution is -0.137. The summed E-state index contributed by atoms with van der Waals surface area (Å²) in [5.41, 5.74) is 0.356. The van der Waals surface area contributed by atoms with Crippen LogP contribution in [0.1, 0.15) is 23.8 Å². The number of nitrogens with zero attached hydrogens (tertiary/aromatic N) is 2. The van der Waals surface area contributed by atoms with E-state index in [1.54, 1.807) is 23.2 Å². The molecule has 1 aliphatic heterocycles. The van der Waals surface area contributed by atoms with Crippen LogP contribution in [-0.2, 0) is 11.3 Å². The maximum atomic E-state index is 12.4. The molecule has 1 aromatic heterocycles. The minimum atomic E-state index is -0.987. The first kappa shape index (κ1) is 13.6. The first-order valence-corrected chi connectivity index (χ1v) is 6.33. The fourth-order valence-electron chi connectivity index (χ4n) is 2.58. The van der Waals surface area contributed by atoms with Gasteiger partial charge in [-0.3, -0.25) is 9.59 Å². The zero-order valence-corrected chi connectivity index (χ0v) is 10.8. The molecule has 0 bridgehead atoms. The van der Waals surface area contributed by atoms with Crippen LogP contribution in [0.15, 0.2) is 18.3 Å². The van der Waals surface area contributed by atoms with E-state index in [1.165, 1.54) is 4.57 Å². The van der Waals surface area contributed by atoms with E-state index in [0.29, 0.717) is 12.2 Å². The quantitative estimate of drug-likeness (QED) is 0.827. The topological polar surface area (TPSA) is 82.8 Å². The molecule has 1 aliphatic rings. The van der Waals surface area contributed by atoms with E-state index in [9.17, 15) is 14.7 Å². The number of hydrogen-bond donors (Lipinski definition) is 2. The minimum absolute atomic E-state index is 0.0630. The molecule has 2 atom stereocenters. The van der Waals surface area contributed by atoms with E-state index in [-0.39, 0.29) is 31.0 Å². The number of aromatic nitrogens is 1. The van der Waals surface area contributed by atoms with E-state index in [1.807, 2.05) is 6.92 Å². The van der Waals surface area contributed by atoms with Gasteiger partial charge in [-0.15, -0.1) is 0 Å². The Kier molecular flexibility index (Phi) is 3.90. The summed E-state index contributed by atoms with van der Waals surface area (Å²) in [6, 6.07) is 3.09. The fourth-order valence-corrected chi connectivity index (χ4v) is 2.58. The third-order valence-corrected chi connectivity index (χ3v) is 3.68. The highest BCUT2D eigenvalue weighted by Gasteiger charge is 2.35. The van der Waals surface area contributed by atoms with Crippen LogP contribution in [0.3, 0.4) is 0 Å². The Bertz CT molecular complexity index is 483. The number of likely N-dealkylation sites (tertiary alicyclic amines) is 1. The smallest absolute Gasteiger partial charge is 0.323 e. The van der Waals surface area contributed by atoms with E-state index >= 15 is 0 Å². The normalized spacial score (nSPS) is 22.7. The van der Waals surface area contributed by atoms with Crippen molar-refractivity contribution >= 4 is 11.9 Å². The lowest BCUT2D eigenvalue weighted by atomic mass is 10.0. The summed E-state index contributed by atoms with van der Waals surface area (Å²) in [5.74, 6) is -0.940. The number of carbonyl (C=O) groups excluding carboxylic acids is 1. The Morgan fingerprint density at radius 3 is 2.84 bits per heavy atom. The highest BCUT2D eigenvalue weighted by Crippen LogP contribution is 2.25. The maximum Gasteiger partial charge on any atom is 0.323 e. The molecule has 1 aromatic rings. The third kappa shape index (κ3) is 2.63. The molecule has 104 valence electrons. The van der Waals surface area contributed by atoms with Crippen molar-refractivity contribution in [2.75, 3.05) is 13.2 Å². The van der Waals surface area contributed by atoms with Crippen molar-refractivity contribution < 1.29 is 19.8 Å². The second kappa shape index (κ2) is 5.44. The van der Waals surface area contributed by atoms with Gasteiger partial charge in [0, 0.05) is 12.7 Å². The Hall–Kier alpha value is -1.82. The van der Waals surface area contributed by atoms with E-state index < -0.39 is 5.97 Å². The molecule has 0 saturated carbocycles. The number of aliphatic carboxylic acids is 1. The van der Waals surface area contributed by atoms with Gasteiger partial charge in [0.15, 0.2) is 0 Å². The van der Waals surface area contributed by atoms with Crippen LogP contribution >= 0.6 is 0 Å². The highest BCUT2D eigenvalue weighted by molar-refractivity contribution is 5.93. The first-order valence-electron chi connectivity index (χ1n) is 6.33. The van der Waals surface area contributed by atoms with Crippen LogP contribution in [-0.4, -0.2) is 50.8 Å². The molecule has 0 radical (unpaired) electrons. The van der Waals surface area contributed by atoms with Crippen molar-refractivity contribution in [3.8, 4) is 0 Å². The Morgan fingerprint density at radius 1 is 1.47 bits per heavy atom. The molecule has 6 nitrogen and oxygen atoms in total. The number of carboxylic acids is 1. The van der Waals surface area contributed by atoms with Crippen molar-refractivity contribution in [3.63, 3.8) is 0 Å². The van der Waals surface area contributed by atoms with Gasteiger partial charge in [0.25, 0.3) is 5.91 Å². The first-order chi connectivity index (χ1) is 9.04. The zero-order chi connectivity index (χ0) is 14.0. The standard InChI is InChI=1S/C13H18N2O4/c1-9-4-6-15(11(9)8-16)13(19)10-3-2-5-14(10)7-12(17)18/h2-3,5,9,11,16H,4,6-8H2,1H3,(H,17,18). The predicted octanol–water partition coefficient (Wildman–Crippen LogP) is 0.416. The van der Waals surface area contributed by atoms with Gasteiger partial charge < -0.3 is 19.7 Å². The van der Waals surface area contributed by atoms with Crippen molar-refractivity contribution in [1.82, 2.24) is 9.47 Å². The van der Waals surface area contributed by atoms with Gasteiger partial charge >= 0.3 is 5.97 Å². The molecular weight excluding hydrogens is 248 g/mol. The van der Waals surface area contributed by atoms with Gasteiger partial charge in [-0.2, -0.15) is 0 Å². The predicted molar refractivity (Wildman–Crippen MR) is 67.8 cm³/mol. The average Bonchev–Trinajstić information content (AvgIpc) is 2.94. The monoisotopic (exact) mass is 266 g/mol. The van der Waals surface area contributed by atoms with Crippen molar-refractivity contribution in [2.45, 2.75) is 25.9 Å². The number of carboxylic acid groups (broad SMARTS) is 1. The maximum absolute atomic E-state index is 12.4. The summed E-state index contributed by atoms with van der Waals surface area (Å²) in [4.78, 5) is 24.8. The van der Waals surface area contributed by atoms with Crippen molar-refractivity contribution in [1.29, 1.82) is 0 Å². The van der Waals surface area contributed by atoms with Crippen molar-refractivity contribution in [2.24, 2.45) is 5.92 Å². The molecule has 0 aliphatic carbocycles. The van der Waals surface area contributed by atoms with Crippen LogP contribution in [0, 0.1) is 5.92 Å². The fraction of sp³-hybridized carbons (Fsp3) is 0.538. The summed E-state index contributed by atoms with van der Waals surface area (Å²) >= 11 is 0. The highest BCUT2D eigenvalue weighted by atomic mass is 16.4. The molecule has 2 rings (SSSR count). The third-order valence-electron chi connectivity index (χ3n) is 3.68. The Labute approximate surface area is 111 Å². The molecule has 1 fully saturated rings.